The third-order valence-electron chi connectivity index (χ3n) is 3.77. The first-order valence-corrected chi connectivity index (χ1v) is 9.06. The van der Waals surface area contributed by atoms with Crippen LogP contribution < -0.4 is 0 Å². The van der Waals surface area contributed by atoms with Gasteiger partial charge in [0.05, 0.1) is 6.61 Å². The molecule has 0 bridgehead atoms. The summed E-state index contributed by atoms with van der Waals surface area (Å²) in [5.41, 5.74) is 0. The van der Waals surface area contributed by atoms with E-state index in [1.54, 1.807) is 0 Å². The van der Waals surface area contributed by atoms with Crippen molar-refractivity contribution in [2.24, 2.45) is 0 Å². The van der Waals surface area contributed by atoms with Gasteiger partial charge in [0.25, 0.3) is 0 Å². The van der Waals surface area contributed by atoms with Crippen molar-refractivity contribution in [3.05, 3.63) is 0 Å². The Bertz CT molecular complexity index is 283. The molecule has 0 aliphatic carbocycles. The summed E-state index contributed by atoms with van der Waals surface area (Å²) in [6, 6.07) is 0. The fourth-order valence-corrected chi connectivity index (χ4v) is 2.46. The molecule has 0 aromatic carbocycles. The van der Waals surface area contributed by atoms with E-state index in [2.05, 4.69) is 33.9 Å². The Balaban J connectivity index is 2.43. The monoisotopic (exact) mass is 260 g/mol. The molecular weight excluding hydrogens is 236 g/mol. The molecule has 4 nitrogen and oxygen atoms in total. The van der Waals surface area contributed by atoms with Gasteiger partial charge in [-0.3, -0.25) is 4.79 Å². The van der Waals surface area contributed by atoms with E-state index in [0.717, 1.165) is 0 Å². The van der Waals surface area contributed by atoms with Gasteiger partial charge in [0.15, 0.2) is 8.32 Å². The van der Waals surface area contributed by atoms with Crippen LogP contribution in [0.3, 0.4) is 0 Å². The number of rotatable bonds is 4. The van der Waals surface area contributed by atoms with E-state index in [1.807, 2.05) is 0 Å². The van der Waals surface area contributed by atoms with E-state index in [-0.39, 0.29) is 23.7 Å². The van der Waals surface area contributed by atoms with Gasteiger partial charge in [0.1, 0.15) is 12.2 Å². The Morgan fingerprint density at radius 1 is 1.53 bits per heavy atom. The molecule has 17 heavy (non-hydrogen) atoms. The van der Waals surface area contributed by atoms with Crippen LogP contribution in [-0.4, -0.2) is 38.2 Å². The van der Waals surface area contributed by atoms with Gasteiger partial charge in [-0.05, 0) is 24.6 Å². The van der Waals surface area contributed by atoms with E-state index in [4.69, 9.17) is 9.16 Å². The lowest BCUT2D eigenvalue weighted by atomic mass is 10.1. The second-order valence-corrected chi connectivity index (χ2v) is 11.0. The lowest BCUT2D eigenvalue weighted by Gasteiger charge is -2.37. The fourth-order valence-electron chi connectivity index (χ4n) is 1.44. The highest BCUT2D eigenvalue weighted by atomic mass is 28.4. The smallest absolute Gasteiger partial charge is 0.306 e. The standard InChI is InChI=1S/C12H24O4Si/c1-12(2,3)17(4,5)15-8-9(13)10-6-7-11(14)16-10/h9-10,13H,6-8H2,1-5H3/t9-,10-/m0/s1. The minimum absolute atomic E-state index is 0.124. The average molecular weight is 260 g/mol. The molecule has 5 heteroatoms. The second kappa shape index (κ2) is 5.08. The molecule has 1 N–H and O–H groups in total. The van der Waals surface area contributed by atoms with Gasteiger partial charge in [0, 0.05) is 6.42 Å². The molecule has 1 fully saturated rings. The molecule has 1 heterocycles. The van der Waals surface area contributed by atoms with Crippen molar-refractivity contribution in [3.8, 4) is 0 Å². The van der Waals surface area contributed by atoms with E-state index < -0.39 is 14.4 Å². The van der Waals surface area contributed by atoms with Crippen molar-refractivity contribution in [3.63, 3.8) is 0 Å². The van der Waals surface area contributed by atoms with Crippen LogP contribution >= 0.6 is 0 Å². The number of esters is 1. The summed E-state index contributed by atoms with van der Waals surface area (Å²) in [7, 11) is -1.84. The van der Waals surface area contributed by atoms with E-state index in [1.165, 1.54) is 0 Å². The van der Waals surface area contributed by atoms with Gasteiger partial charge in [-0.25, -0.2) is 0 Å². The van der Waals surface area contributed by atoms with Crippen molar-refractivity contribution in [2.75, 3.05) is 6.61 Å². The zero-order valence-corrected chi connectivity index (χ0v) is 12.4. The van der Waals surface area contributed by atoms with Crippen LogP contribution in [0.25, 0.3) is 0 Å². The van der Waals surface area contributed by atoms with E-state index in [9.17, 15) is 9.90 Å². The molecule has 1 aliphatic heterocycles. The van der Waals surface area contributed by atoms with Crippen LogP contribution in [-0.2, 0) is 14.0 Å². The molecule has 1 rings (SSSR count). The Morgan fingerprint density at radius 2 is 2.12 bits per heavy atom. The lowest BCUT2D eigenvalue weighted by Crippen LogP contribution is -2.44. The maximum absolute atomic E-state index is 11.0. The normalized spacial score (nSPS) is 23.6. The van der Waals surface area contributed by atoms with Crippen LogP contribution in [0.5, 0.6) is 0 Å². The Kier molecular flexibility index (Phi) is 4.38. The van der Waals surface area contributed by atoms with Crippen LogP contribution in [0.1, 0.15) is 33.6 Å². The van der Waals surface area contributed by atoms with Crippen molar-refractivity contribution in [1.82, 2.24) is 0 Å². The summed E-state index contributed by atoms with van der Waals surface area (Å²) in [6.07, 6.45) is -0.0780. The lowest BCUT2D eigenvalue weighted by molar-refractivity contribution is -0.146. The largest absolute Gasteiger partial charge is 0.459 e. The highest BCUT2D eigenvalue weighted by molar-refractivity contribution is 6.74. The Morgan fingerprint density at radius 3 is 2.53 bits per heavy atom. The topological polar surface area (TPSA) is 55.8 Å². The van der Waals surface area contributed by atoms with Gasteiger partial charge in [-0.1, -0.05) is 20.8 Å². The number of carbonyl (C=O) groups is 1. The van der Waals surface area contributed by atoms with Gasteiger partial charge in [-0.2, -0.15) is 0 Å². The third-order valence-corrected chi connectivity index (χ3v) is 8.27. The summed E-state index contributed by atoms with van der Waals surface area (Å²) < 4.78 is 10.9. The van der Waals surface area contributed by atoms with Gasteiger partial charge >= 0.3 is 5.97 Å². The van der Waals surface area contributed by atoms with E-state index >= 15 is 0 Å². The maximum atomic E-state index is 11.0. The Labute approximate surface area is 104 Å². The maximum Gasteiger partial charge on any atom is 0.306 e. The van der Waals surface area contributed by atoms with Crippen LogP contribution in [0, 0.1) is 0 Å². The molecule has 0 amide bonds. The molecule has 100 valence electrons. The predicted molar refractivity (Wildman–Crippen MR) is 68.3 cm³/mol. The number of cyclic esters (lactones) is 1. The number of ether oxygens (including phenoxy) is 1. The number of hydrogen-bond acceptors (Lipinski definition) is 4. The van der Waals surface area contributed by atoms with Crippen molar-refractivity contribution < 1.29 is 19.1 Å². The minimum Gasteiger partial charge on any atom is -0.459 e. The number of aliphatic hydroxyl groups is 1. The first-order chi connectivity index (χ1) is 7.63. The number of hydrogen-bond donors (Lipinski definition) is 1. The summed E-state index contributed by atoms with van der Waals surface area (Å²) in [5, 5.41) is 10.0. The minimum atomic E-state index is -1.84. The predicted octanol–water partition coefficient (Wildman–Crippen LogP) is 2.07. The quantitative estimate of drug-likeness (QED) is 0.621. The summed E-state index contributed by atoms with van der Waals surface area (Å²) in [6.45, 7) is 11.0. The van der Waals surface area contributed by atoms with Gasteiger partial charge < -0.3 is 14.3 Å². The molecule has 1 saturated heterocycles. The molecular formula is C12H24O4Si. The van der Waals surface area contributed by atoms with Crippen molar-refractivity contribution in [1.29, 1.82) is 0 Å². The highest BCUT2D eigenvalue weighted by Gasteiger charge is 2.39. The van der Waals surface area contributed by atoms with E-state index in [0.29, 0.717) is 12.8 Å². The summed E-state index contributed by atoms with van der Waals surface area (Å²) in [5.74, 6) is -0.221. The van der Waals surface area contributed by atoms with Crippen LogP contribution in [0.15, 0.2) is 0 Å². The molecule has 2 atom stereocenters. The molecule has 0 aromatic heterocycles. The zero-order valence-electron chi connectivity index (χ0n) is 11.4. The summed E-state index contributed by atoms with van der Waals surface area (Å²) in [4.78, 5) is 11.0. The fraction of sp³-hybridized carbons (Fsp3) is 0.917. The van der Waals surface area contributed by atoms with Crippen molar-refractivity contribution >= 4 is 14.3 Å². The molecule has 0 saturated carbocycles. The summed E-state index contributed by atoms with van der Waals surface area (Å²) >= 11 is 0. The van der Waals surface area contributed by atoms with Crippen LogP contribution in [0.4, 0.5) is 0 Å². The molecule has 0 unspecified atom stereocenters. The van der Waals surface area contributed by atoms with Gasteiger partial charge in [0.2, 0.25) is 0 Å². The molecule has 0 aromatic rings. The highest BCUT2D eigenvalue weighted by Crippen LogP contribution is 2.36. The SMILES string of the molecule is CC(C)(C)[Si](C)(C)OC[C@H](O)[C@@H]1CCC(=O)O1. The molecule has 1 aliphatic rings. The average Bonchev–Trinajstić information content (AvgIpc) is 2.59. The van der Waals surface area contributed by atoms with Crippen LogP contribution in [0.2, 0.25) is 18.1 Å². The molecule has 0 radical (unpaired) electrons. The molecule has 0 spiro atoms. The first-order valence-electron chi connectivity index (χ1n) is 6.15. The van der Waals surface area contributed by atoms with Gasteiger partial charge in [-0.15, -0.1) is 0 Å². The number of carbonyl (C=O) groups excluding carboxylic acids is 1. The second-order valence-electron chi connectivity index (χ2n) is 6.21. The Hall–Kier alpha value is -0.393. The zero-order chi connectivity index (χ0) is 13.3. The van der Waals surface area contributed by atoms with Crippen molar-refractivity contribution in [2.45, 2.75) is 64.0 Å². The number of aliphatic hydroxyl groups excluding tert-OH is 1. The first kappa shape index (κ1) is 14.7. The third kappa shape index (κ3) is 3.79.